The minimum Gasteiger partial charge on any atom is -0.489 e. The number of carbonyl (C=O) groups excluding carboxylic acids is 1. The summed E-state index contributed by atoms with van der Waals surface area (Å²) in [4.78, 5) is 17.2. The molecular weight excluding hydrogens is 324 g/mol. The Morgan fingerprint density at radius 2 is 1.88 bits per heavy atom. The number of rotatable bonds is 8. The SMILES string of the molecule is CCCNc1ncccc1C(=O)c1cccc(OCc2ccccc2)c1. The number of nitrogens with one attached hydrogen (secondary N) is 1. The number of hydrogen-bond acceptors (Lipinski definition) is 4. The number of nitrogens with zero attached hydrogens (tertiary/aromatic N) is 1. The van der Waals surface area contributed by atoms with Crippen molar-refractivity contribution < 1.29 is 9.53 Å². The number of hydrogen-bond donors (Lipinski definition) is 1. The molecule has 0 bridgehead atoms. The molecule has 0 unspecified atom stereocenters. The van der Waals surface area contributed by atoms with Crippen molar-refractivity contribution in [3.63, 3.8) is 0 Å². The van der Waals surface area contributed by atoms with Crippen molar-refractivity contribution in [3.05, 3.63) is 89.6 Å². The van der Waals surface area contributed by atoms with Gasteiger partial charge < -0.3 is 10.1 Å². The number of pyridine rings is 1. The molecule has 3 rings (SSSR count). The number of carbonyl (C=O) groups is 1. The topological polar surface area (TPSA) is 51.2 Å². The van der Waals surface area contributed by atoms with Gasteiger partial charge in [0.1, 0.15) is 18.2 Å². The third-order valence-corrected chi connectivity index (χ3v) is 3.94. The van der Waals surface area contributed by atoms with Gasteiger partial charge in [-0.1, -0.05) is 49.4 Å². The van der Waals surface area contributed by atoms with Gasteiger partial charge in [0.25, 0.3) is 0 Å². The average Bonchev–Trinajstić information content (AvgIpc) is 2.71. The molecule has 2 aromatic carbocycles. The normalized spacial score (nSPS) is 10.3. The molecule has 0 aliphatic rings. The molecule has 4 heteroatoms. The number of aromatic nitrogens is 1. The minimum atomic E-state index is -0.0677. The van der Waals surface area contributed by atoms with Crippen LogP contribution in [0.15, 0.2) is 72.9 Å². The van der Waals surface area contributed by atoms with Crippen LogP contribution in [0.4, 0.5) is 5.82 Å². The Hall–Kier alpha value is -3.14. The Labute approximate surface area is 153 Å². The highest BCUT2D eigenvalue weighted by atomic mass is 16.5. The molecule has 1 aromatic heterocycles. The van der Waals surface area contributed by atoms with E-state index in [1.54, 1.807) is 30.5 Å². The Bertz CT molecular complexity index is 863. The summed E-state index contributed by atoms with van der Waals surface area (Å²) in [5, 5.41) is 3.21. The van der Waals surface area contributed by atoms with Gasteiger partial charge in [0, 0.05) is 18.3 Å². The molecule has 0 fully saturated rings. The van der Waals surface area contributed by atoms with Crippen LogP contribution in [0, 0.1) is 0 Å². The Morgan fingerprint density at radius 1 is 1.04 bits per heavy atom. The standard InChI is InChI=1S/C22H22N2O2/c1-2-13-23-22-20(12-7-14-24-22)21(25)18-10-6-11-19(15-18)26-16-17-8-4-3-5-9-17/h3-12,14-15H,2,13,16H2,1H3,(H,23,24). The lowest BCUT2D eigenvalue weighted by Gasteiger charge is -2.11. The summed E-state index contributed by atoms with van der Waals surface area (Å²) in [6, 6.07) is 20.8. The van der Waals surface area contributed by atoms with Crippen LogP contribution in [-0.4, -0.2) is 17.3 Å². The summed E-state index contributed by atoms with van der Waals surface area (Å²) in [6.45, 7) is 3.32. The van der Waals surface area contributed by atoms with Gasteiger partial charge in [-0.3, -0.25) is 4.79 Å². The lowest BCUT2D eigenvalue weighted by atomic mass is 10.0. The van der Waals surface area contributed by atoms with Crippen molar-refractivity contribution in [1.29, 1.82) is 0 Å². The van der Waals surface area contributed by atoms with Crippen LogP contribution in [0.3, 0.4) is 0 Å². The van der Waals surface area contributed by atoms with Crippen molar-refractivity contribution >= 4 is 11.6 Å². The van der Waals surface area contributed by atoms with E-state index in [9.17, 15) is 4.79 Å². The third kappa shape index (κ3) is 4.48. The number of benzene rings is 2. The van der Waals surface area contributed by atoms with E-state index in [2.05, 4.69) is 17.2 Å². The Morgan fingerprint density at radius 3 is 2.69 bits per heavy atom. The lowest BCUT2D eigenvalue weighted by Crippen LogP contribution is -2.10. The number of anilines is 1. The summed E-state index contributed by atoms with van der Waals surface area (Å²) >= 11 is 0. The van der Waals surface area contributed by atoms with Crippen LogP contribution >= 0.6 is 0 Å². The van der Waals surface area contributed by atoms with Crippen molar-refractivity contribution in [2.45, 2.75) is 20.0 Å². The van der Waals surface area contributed by atoms with E-state index in [1.165, 1.54) is 0 Å². The highest BCUT2D eigenvalue weighted by Crippen LogP contribution is 2.21. The largest absolute Gasteiger partial charge is 0.489 e. The monoisotopic (exact) mass is 346 g/mol. The molecule has 0 aliphatic carbocycles. The van der Waals surface area contributed by atoms with E-state index in [-0.39, 0.29) is 5.78 Å². The van der Waals surface area contributed by atoms with Crippen LogP contribution in [-0.2, 0) is 6.61 Å². The Kier molecular flexibility index (Phi) is 5.99. The zero-order valence-electron chi connectivity index (χ0n) is 14.8. The van der Waals surface area contributed by atoms with Gasteiger partial charge in [0.2, 0.25) is 0 Å². The maximum absolute atomic E-state index is 12.9. The predicted octanol–water partition coefficient (Wildman–Crippen LogP) is 4.71. The second-order valence-corrected chi connectivity index (χ2v) is 5.96. The van der Waals surface area contributed by atoms with Crippen LogP contribution < -0.4 is 10.1 Å². The second-order valence-electron chi connectivity index (χ2n) is 5.96. The predicted molar refractivity (Wildman–Crippen MR) is 104 cm³/mol. The lowest BCUT2D eigenvalue weighted by molar-refractivity contribution is 0.103. The summed E-state index contributed by atoms with van der Waals surface area (Å²) in [6.07, 6.45) is 2.65. The first-order valence-electron chi connectivity index (χ1n) is 8.78. The molecule has 3 aromatic rings. The summed E-state index contributed by atoms with van der Waals surface area (Å²) < 4.78 is 5.83. The fraction of sp³-hybridized carbons (Fsp3) is 0.182. The van der Waals surface area contributed by atoms with Gasteiger partial charge in [-0.25, -0.2) is 4.98 Å². The first kappa shape index (κ1) is 17.7. The van der Waals surface area contributed by atoms with Crippen molar-refractivity contribution in [1.82, 2.24) is 4.98 Å². The molecule has 0 aliphatic heterocycles. The first-order valence-corrected chi connectivity index (χ1v) is 8.78. The summed E-state index contributed by atoms with van der Waals surface area (Å²) in [7, 11) is 0. The van der Waals surface area contributed by atoms with Crippen molar-refractivity contribution in [2.75, 3.05) is 11.9 Å². The summed E-state index contributed by atoms with van der Waals surface area (Å²) in [5.74, 6) is 1.23. The highest BCUT2D eigenvalue weighted by molar-refractivity contribution is 6.12. The molecule has 0 atom stereocenters. The molecule has 0 saturated carbocycles. The van der Waals surface area contributed by atoms with E-state index in [0.717, 1.165) is 18.5 Å². The molecule has 0 radical (unpaired) electrons. The number of ether oxygens (including phenoxy) is 1. The van der Waals surface area contributed by atoms with E-state index in [4.69, 9.17) is 4.74 Å². The average molecular weight is 346 g/mol. The maximum atomic E-state index is 12.9. The van der Waals surface area contributed by atoms with Gasteiger partial charge in [-0.05, 0) is 36.2 Å². The Balaban J connectivity index is 1.76. The molecule has 4 nitrogen and oxygen atoms in total. The smallest absolute Gasteiger partial charge is 0.196 e. The van der Waals surface area contributed by atoms with E-state index in [0.29, 0.717) is 29.3 Å². The zero-order chi connectivity index (χ0) is 18.2. The summed E-state index contributed by atoms with van der Waals surface area (Å²) in [5.41, 5.74) is 2.24. The van der Waals surface area contributed by atoms with Gasteiger partial charge in [-0.15, -0.1) is 0 Å². The van der Waals surface area contributed by atoms with Gasteiger partial charge >= 0.3 is 0 Å². The van der Waals surface area contributed by atoms with E-state index < -0.39 is 0 Å². The fourth-order valence-corrected chi connectivity index (χ4v) is 2.60. The van der Waals surface area contributed by atoms with Crippen LogP contribution in [0.5, 0.6) is 5.75 Å². The molecule has 0 saturated heterocycles. The molecule has 1 N–H and O–H groups in total. The quantitative estimate of drug-likeness (QED) is 0.600. The van der Waals surface area contributed by atoms with Crippen molar-refractivity contribution in [2.24, 2.45) is 0 Å². The second kappa shape index (κ2) is 8.81. The molecule has 26 heavy (non-hydrogen) atoms. The molecule has 1 heterocycles. The van der Waals surface area contributed by atoms with Crippen LogP contribution in [0.25, 0.3) is 0 Å². The molecule has 132 valence electrons. The third-order valence-electron chi connectivity index (χ3n) is 3.94. The zero-order valence-corrected chi connectivity index (χ0v) is 14.8. The minimum absolute atomic E-state index is 0.0677. The molecular formula is C22H22N2O2. The van der Waals surface area contributed by atoms with Gasteiger partial charge in [0.05, 0.1) is 5.56 Å². The fourth-order valence-electron chi connectivity index (χ4n) is 2.60. The van der Waals surface area contributed by atoms with E-state index in [1.807, 2.05) is 42.5 Å². The van der Waals surface area contributed by atoms with Gasteiger partial charge in [0.15, 0.2) is 5.78 Å². The van der Waals surface area contributed by atoms with E-state index >= 15 is 0 Å². The van der Waals surface area contributed by atoms with Crippen LogP contribution in [0.1, 0.15) is 34.8 Å². The highest BCUT2D eigenvalue weighted by Gasteiger charge is 2.15. The first-order chi connectivity index (χ1) is 12.8. The van der Waals surface area contributed by atoms with Crippen LogP contribution in [0.2, 0.25) is 0 Å². The molecule has 0 amide bonds. The van der Waals surface area contributed by atoms with Gasteiger partial charge in [-0.2, -0.15) is 0 Å². The van der Waals surface area contributed by atoms with Crippen molar-refractivity contribution in [3.8, 4) is 5.75 Å². The number of ketones is 1. The maximum Gasteiger partial charge on any atom is 0.196 e. The molecule has 0 spiro atoms.